The predicted molar refractivity (Wildman–Crippen MR) is 109 cm³/mol. The first-order valence-electron chi connectivity index (χ1n) is 9.52. The molecule has 3 aromatic heterocycles. The van der Waals surface area contributed by atoms with Crippen LogP contribution in [0.2, 0.25) is 5.02 Å². The fourth-order valence-electron chi connectivity index (χ4n) is 3.70. The van der Waals surface area contributed by atoms with Crippen molar-refractivity contribution in [3.8, 4) is 0 Å². The molecule has 148 valence electrons. The average Bonchev–Trinajstić information content (AvgIpc) is 3.36. The number of imidazole rings is 1. The van der Waals surface area contributed by atoms with Crippen molar-refractivity contribution < 1.29 is 9.21 Å². The minimum absolute atomic E-state index is 0.0223. The summed E-state index contributed by atoms with van der Waals surface area (Å²) in [6.45, 7) is 1.88. The molecule has 8 nitrogen and oxygen atoms in total. The highest BCUT2D eigenvalue weighted by atomic mass is 35.5. The summed E-state index contributed by atoms with van der Waals surface area (Å²) in [4.78, 5) is 27.6. The Bertz CT molecular complexity index is 1180. The maximum atomic E-state index is 12.6. The lowest BCUT2D eigenvalue weighted by molar-refractivity contribution is -0.125. The maximum Gasteiger partial charge on any atom is 0.298 e. The van der Waals surface area contributed by atoms with E-state index < -0.39 is 0 Å². The molecule has 4 heterocycles. The summed E-state index contributed by atoms with van der Waals surface area (Å²) in [5.41, 5.74) is 3.16. The van der Waals surface area contributed by atoms with E-state index in [9.17, 15) is 4.79 Å². The van der Waals surface area contributed by atoms with E-state index in [4.69, 9.17) is 16.0 Å². The first-order valence-corrected chi connectivity index (χ1v) is 9.90. The molecule has 9 heteroatoms. The van der Waals surface area contributed by atoms with Crippen molar-refractivity contribution in [3.05, 3.63) is 53.7 Å². The van der Waals surface area contributed by atoms with Gasteiger partial charge in [0.25, 0.3) is 6.01 Å². The van der Waals surface area contributed by atoms with Crippen LogP contribution in [0.15, 0.2) is 47.4 Å². The fraction of sp³-hybridized carbons (Fsp3) is 0.300. The summed E-state index contributed by atoms with van der Waals surface area (Å²) >= 11 is 6.01. The van der Waals surface area contributed by atoms with Gasteiger partial charge in [0.1, 0.15) is 5.52 Å². The third-order valence-electron chi connectivity index (χ3n) is 5.31. The molecule has 1 fully saturated rings. The SMILES string of the molecule is O=C(NCc1cnc2cnccn12)C1CCN(c2nc3ccc(Cl)cc3o2)CC1. The van der Waals surface area contributed by atoms with E-state index >= 15 is 0 Å². The average molecular weight is 411 g/mol. The van der Waals surface area contributed by atoms with E-state index in [1.807, 2.05) is 16.7 Å². The second kappa shape index (κ2) is 7.36. The number of fused-ring (bicyclic) bond motifs is 2. The Hall–Kier alpha value is -3.13. The molecule has 1 aliphatic heterocycles. The van der Waals surface area contributed by atoms with Gasteiger partial charge in [-0.1, -0.05) is 11.6 Å². The monoisotopic (exact) mass is 410 g/mol. The number of aromatic nitrogens is 4. The number of rotatable bonds is 4. The minimum Gasteiger partial charge on any atom is -0.423 e. The molecule has 1 saturated heterocycles. The van der Waals surface area contributed by atoms with Gasteiger partial charge in [0, 0.05) is 42.5 Å². The van der Waals surface area contributed by atoms with Crippen LogP contribution in [0.1, 0.15) is 18.5 Å². The Balaban J connectivity index is 1.19. The van der Waals surface area contributed by atoms with Gasteiger partial charge in [-0.2, -0.15) is 4.98 Å². The van der Waals surface area contributed by atoms with Crippen molar-refractivity contribution in [2.45, 2.75) is 19.4 Å². The standard InChI is InChI=1S/C20H19ClN6O2/c21-14-1-2-16-17(9-14)29-20(25-16)26-6-3-13(4-7-26)19(28)24-11-15-10-23-18-12-22-5-8-27(15)18/h1-2,5,8-10,12-13H,3-4,6-7,11H2,(H,24,28). The van der Waals surface area contributed by atoms with Gasteiger partial charge in [-0.3, -0.25) is 14.2 Å². The van der Waals surface area contributed by atoms with Crippen LogP contribution < -0.4 is 10.2 Å². The molecule has 0 spiro atoms. The number of hydrogen-bond donors (Lipinski definition) is 1. The highest BCUT2D eigenvalue weighted by molar-refractivity contribution is 6.31. The van der Waals surface area contributed by atoms with Crippen LogP contribution >= 0.6 is 11.6 Å². The Kier molecular flexibility index (Phi) is 4.55. The van der Waals surface area contributed by atoms with Crippen molar-refractivity contribution in [1.29, 1.82) is 0 Å². The second-order valence-electron chi connectivity index (χ2n) is 7.14. The van der Waals surface area contributed by atoms with Crippen molar-refractivity contribution >= 4 is 40.3 Å². The number of oxazole rings is 1. The van der Waals surface area contributed by atoms with Gasteiger partial charge in [-0.25, -0.2) is 4.98 Å². The maximum absolute atomic E-state index is 12.6. The number of benzene rings is 1. The van der Waals surface area contributed by atoms with Gasteiger partial charge in [0.15, 0.2) is 11.2 Å². The molecule has 1 aliphatic rings. The summed E-state index contributed by atoms with van der Waals surface area (Å²) in [5, 5.41) is 3.66. The van der Waals surface area contributed by atoms with Crippen molar-refractivity contribution in [2.24, 2.45) is 5.92 Å². The number of hydrogen-bond acceptors (Lipinski definition) is 6. The van der Waals surface area contributed by atoms with Crippen LogP contribution in [0, 0.1) is 5.92 Å². The van der Waals surface area contributed by atoms with Gasteiger partial charge in [0.05, 0.1) is 24.6 Å². The molecule has 4 aromatic rings. The van der Waals surface area contributed by atoms with E-state index in [2.05, 4.69) is 25.2 Å². The summed E-state index contributed by atoms with van der Waals surface area (Å²) in [5.74, 6) is 0.0453. The molecule has 1 N–H and O–H groups in total. The molecule has 0 radical (unpaired) electrons. The van der Waals surface area contributed by atoms with Gasteiger partial charge in [-0.05, 0) is 25.0 Å². The van der Waals surface area contributed by atoms with E-state index in [1.54, 1.807) is 30.7 Å². The smallest absolute Gasteiger partial charge is 0.298 e. The summed E-state index contributed by atoms with van der Waals surface area (Å²) < 4.78 is 7.76. The Labute approximate surface area is 171 Å². The lowest BCUT2D eigenvalue weighted by Crippen LogP contribution is -2.40. The van der Waals surface area contributed by atoms with Crippen LogP contribution in [0.4, 0.5) is 6.01 Å². The highest BCUT2D eigenvalue weighted by Crippen LogP contribution is 2.28. The second-order valence-corrected chi connectivity index (χ2v) is 7.58. The van der Waals surface area contributed by atoms with Gasteiger partial charge >= 0.3 is 0 Å². The number of carbonyl (C=O) groups excluding carboxylic acids is 1. The normalized spacial score (nSPS) is 15.3. The minimum atomic E-state index is -0.0223. The lowest BCUT2D eigenvalue weighted by Gasteiger charge is -2.30. The number of amides is 1. The van der Waals surface area contributed by atoms with Crippen molar-refractivity contribution in [1.82, 2.24) is 24.7 Å². The third kappa shape index (κ3) is 3.51. The first-order chi connectivity index (χ1) is 14.2. The lowest BCUT2D eigenvalue weighted by atomic mass is 9.96. The highest BCUT2D eigenvalue weighted by Gasteiger charge is 2.27. The summed E-state index contributed by atoms with van der Waals surface area (Å²) in [6, 6.07) is 6.00. The van der Waals surface area contributed by atoms with E-state index in [0.717, 1.165) is 42.8 Å². The van der Waals surface area contributed by atoms with Gasteiger partial charge in [0.2, 0.25) is 5.91 Å². The van der Waals surface area contributed by atoms with Crippen LogP contribution in [0.5, 0.6) is 0 Å². The molecular weight excluding hydrogens is 392 g/mol. The molecular formula is C20H19ClN6O2. The van der Waals surface area contributed by atoms with Crippen molar-refractivity contribution in [2.75, 3.05) is 18.0 Å². The molecule has 0 saturated carbocycles. The van der Waals surface area contributed by atoms with Gasteiger partial charge in [-0.15, -0.1) is 0 Å². The number of nitrogens with one attached hydrogen (secondary N) is 1. The quantitative estimate of drug-likeness (QED) is 0.556. The van der Waals surface area contributed by atoms with E-state index in [0.29, 0.717) is 23.2 Å². The predicted octanol–water partition coefficient (Wildman–Crippen LogP) is 3.06. The van der Waals surface area contributed by atoms with Crippen LogP contribution in [0.25, 0.3) is 16.7 Å². The molecule has 0 bridgehead atoms. The Morgan fingerprint density at radius 3 is 3.00 bits per heavy atom. The van der Waals surface area contributed by atoms with Crippen LogP contribution in [-0.2, 0) is 11.3 Å². The third-order valence-corrected chi connectivity index (χ3v) is 5.55. The molecule has 5 rings (SSSR count). The zero-order chi connectivity index (χ0) is 19.8. The number of carbonyl (C=O) groups is 1. The van der Waals surface area contributed by atoms with Gasteiger partial charge < -0.3 is 14.6 Å². The van der Waals surface area contributed by atoms with Crippen LogP contribution in [-0.4, -0.2) is 38.3 Å². The summed E-state index contributed by atoms with van der Waals surface area (Å²) in [6.07, 6.45) is 8.51. The largest absolute Gasteiger partial charge is 0.423 e. The van der Waals surface area contributed by atoms with E-state index in [-0.39, 0.29) is 11.8 Å². The molecule has 1 aromatic carbocycles. The fourth-order valence-corrected chi connectivity index (χ4v) is 3.86. The first kappa shape index (κ1) is 17.9. The van der Waals surface area contributed by atoms with Crippen LogP contribution in [0.3, 0.4) is 0 Å². The topological polar surface area (TPSA) is 88.6 Å². The molecule has 0 atom stereocenters. The Morgan fingerprint density at radius 2 is 2.14 bits per heavy atom. The number of halogens is 1. The number of anilines is 1. The summed E-state index contributed by atoms with van der Waals surface area (Å²) in [7, 11) is 0. The zero-order valence-corrected chi connectivity index (χ0v) is 16.3. The molecule has 1 amide bonds. The molecule has 0 unspecified atom stereocenters. The molecule has 29 heavy (non-hydrogen) atoms. The Morgan fingerprint density at radius 1 is 1.28 bits per heavy atom. The number of piperidine rings is 1. The number of nitrogens with zero attached hydrogens (tertiary/aromatic N) is 5. The van der Waals surface area contributed by atoms with E-state index in [1.165, 1.54) is 0 Å². The molecule has 0 aliphatic carbocycles. The van der Waals surface area contributed by atoms with Crippen molar-refractivity contribution in [3.63, 3.8) is 0 Å². The zero-order valence-electron chi connectivity index (χ0n) is 15.6.